The quantitative estimate of drug-likeness (QED) is 0.865. The largest absolute Gasteiger partial charge is 0.364 e. The van der Waals surface area contributed by atoms with E-state index >= 15 is 0 Å². The van der Waals surface area contributed by atoms with Gasteiger partial charge in [0.15, 0.2) is 5.82 Å². The maximum Gasteiger partial charge on any atom is 0.154 e. The SMILES string of the molecule is CC(CN(C)C)Nc1nccc2c1ncn2C. The first-order chi connectivity index (χ1) is 8.08. The van der Waals surface area contributed by atoms with Crippen LogP contribution in [0.5, 0.6) is 0 Å². The molecular weight excluding hydrogens is 214 g/mol. The number of aryl methyl sites for hydroxylation is 1. The summed E-state index contributed by atoms with van der Waals surface area (Å²) in [6.45, 7) is 3.11. The molecule has 2 aromatic rings. The summed E-state index contributed by atoms with van der Waals surface area (Å²) in [5, 5.41) is 3.40. The van der Waals surface area contributed by atoms with E-state index in [0.29, 0.717) is 6.04 Å². The van der Waals surface area contributed by atoms with Crippen molar-refractivity contribution >= 4 is 16.9 Å². The van der Waals surface area contributed by atoms with Crippen molar-refractivity contribution in [3.05, 3.63) is 18.6 Å². The van der Waals surface area contributed by atoms with E-state index < -0.39 is 0 Å². The van der Waals surface area contributed by atoms with Gasteiger partial charge in [0.25, 0.3) is 0 Å². The highest BCUT2D eigenvalue weighted by atomic mass is 15.1. The molecule has 0 saturated carbocycles. The van der Waals surface area contributed by atoms with Crippen LogP contribution in [0.3, 0.4) is 0 Å². The Hall–Kier alpha value is -1.62. The van der Waals surface area contributed by atoms with Crippen LogP contribution >= 0.6 is 0 Å². The number of rotatable bonds is 4. The summed E-state index contributed by atoms with van der Waals surface area (Å²) in [6.07, 6.45) is 3.63. The lowest BCUT2D eigenvalue weighted by atomic mass is 10.3. The third-order valence-corrected chi connectivity index (χ3v) is 2.67. The average Bonchev–Trinajstić information content (AvgIpc) is 2.61. The smallest absolute Gasteiger partial charge is 0.154 e. The highest BCUT2D eigenvalue weighted by Gasteiger charge is 2.09. The first-order valence-electron chi connectivity index (χ1n) is 5.75. The molecule has 2 rings (SSSR count). The van der Waals surface area contributed by atoms with Gasteiger partial charge < -0.3 is 14.8 Å². The fourth-order valence-electron chi connectivity index (χ4n) is 1.99. The molecule has 5 heteroatoms. The van der Waals surface area contributed by atoms with E-state index in [2.05, 4.69) is 41.2 Å². The number of hydrogen-bond acceptors (Lipinski definition) is 4. The molecule has 2 heterocycles. The summed E-state index contributed by atoms with van der Waals surface area (Å²) in [4.78, 5) is 10.9. The van der Waals surface area contributed by atoms with Crippen molar-refractivity contribution in [3.8, 4) is 0 Å². The Balaban J connectivity index is 2.24. The van der Waals surface area contributed by atoms with Gasteiger partial charge in [-0.3, -0.25) is 0 Å². The van der Waals surface area contributed by atoms with Crippen LogP contribution in [-0.2, 0) is 7.05 Å². The molecule has 0 fully saturated rings. The van der Waals surface area contributed by atoms with Gasteiger partial charge in [-0.15, -0.1) is 0 Å². The Morgan fingerprint density at radius 3 is 2.88 bits per heavy atom. The third kappa shape index (κ3) is 2.55. The minimum Gasteiger partial charge on any atom is -0.364 e. The van der Waals surface area contributed by atoms with Gasteiger partial charge in [-0.25, -0.2) is 9.97 Å². The molecular formula is C12H19N5. The topological polar surface area (TPSA) is 46.0 Å². The maximum atomic E-state index is 4.37. The normalized spacial score (nSPS) is 13.2. The third-order valence-electron chi connectivity index (χ3n) is 2.67. The summed E-state index contributed by atoms with van der Waals surface area (Å²) in [5.41, 5.74) is 2.03. The number of anilines is 1. The zero-order valence-corrected chi connectivity index (χ0v) is 10.8. The summed E-state index contributed by atoms with van der Waals surface area (Å²) in [7, 11) is 6.11. The Kier molecular flexibility index (Phi) is 3.28. The second-order valence-electron chi connectivity index (χ2n) is 4.69. The second kappa shape index (κ2) is 4.71. The molecule has 17 heavy (non-hydrogen) atoms. The van der Waals surface area contributed by atoms with Crippen LogP contribution in [0.25, 0.3) is 11.0 Å². The summed E-state index contributed by atoms with van der Waals surface area (Å²) in [6, 6.07) is 2.31. The highest BCUT2D eigenvalue weighted by molar-refractivity contribution is 5.85. The van der Waals surface area contributed by atoms with Crippen molar-refractivity contribution in [3.63, 3.8) is 0 Å². The van der Waals surface area contributed by atoms with E-state index in [0.717, 1.165) is 23.4 Å². The van der Waals surface area contributed by atoms with Crippen molar-refractivity contribution < 1.29 is 0 Å². The van der Waals surface area contributed by atoms with Crippen LogP contribution in [0.4, 0.5) is 5.82 Å². The van der Waals surface area contributed by atoms with Crippen molar-refractivity contribution in [1.29, 1.82) is 0 Å². The molecule has 0 aromatic carbocycles. The molecule has 2 aromatic heterocycles. The molecule has 0 radical (unpaired) electrons. The Morgan fingerprint density at radius 1 is 1.41 bits per heavy atom. The molecule has 0 aliphatic rings. The Morgan fingerprint density at radius 2 is 2.18 bits per heavy atom. The zero-order valence-electron chi connectivity index (χ0n) is 10.8. The predicted octanol–water partition coefficient (Wildman–Crippen LogP) is 1.33. The number of aromatic nitrogens is 3. The second-order valence-corrected chi connectivity index (χ2v) is 4.69. The summed E-state index contributed by atoms with van der Waals surface area (Å²) >= 11 is 0. The lowest BCUT2D eigenvalue weighted by Gasteiger charge is -2.18. The number of hydrogen-bond donors (Lipinski definition) is 1. The predicted molar refractivity (Wildman–Crippen MR) is 70.1 cm³/mol. The van der Waals surface area contributed by atoms with E-state index in [4.69, 9.17) is 0 Å². The minimum absolute atomic E-state index is 0.338. The fraction of sp³-hybridized carbons (Fsp3) is 0.500. The van der Waals surface area contributed by atoms with E-state index in [1.165, 1.54) is 0 Å². The molecule has 1 N–H and O–H groups in total. The number of nitrogens with one attached hydrogen (secondary N) is 1. The Bertz CT molecular complexity index is 503. The van der Waals surface area contributed by atoms with Gasteiger partial charge in [-0.2, -0.15) is 0 Å². The van der Waals surface area contributed by atoms with Crippen LogP contribution in [0.2, 0.25) is 0 Å². The molecule has 0 spiro atoms. The first kappa shape index (κ1) is 11.9. The number of pyridine rings is 1. The minimum atomic E-state index is 0.338. The van der Waals surface area contributed by atoms with Crippen LogP contribution in [-0.4, -0.2) is 46.1 Å². The van der Waals surface area contributed by atoms with Gasteiger partial charge in [0, 0.05) is 25.8 Å². The number of nitrogens with zero attached hydrogens (tertiary/aromatic N) is 4. The van der Waals surface area contributed by atoms with Crippen LogP contribution in [0, 0.1) is 0 Å². The maximum absolute atomic E-state index is 4.37. The number of imidazole rings is 1. The van der Waals surface area contributed by atoms with Gasteiger partial charge in [-0.05, 0) is 27.1 Å². The molecule has 0 aliphatic heterocycles. The van der Waals surface area contributed by atoms with E-state index in [-0.39, 0.29) is 0 Å². The molecule has 0 aliphatic carbocycles. The molecule has 1 atom stereocenters. The highest BCUT2D eigenvalue weighted by Crippen LogP contribution is 2.19. The van der Waals surface area contributed by atoms with Crippen molar-refractivity contribution in [2.24, 2.45) is 7.05 Å². The average molecular weight is 233 g/mol. The molecule has 5 nitrogen and oxygen atoms in total. The summed E-state index contributed by atoms with van der Waals surface area (Å²) < 4.78 is 2.00. The zero-order chi connectivity index (χ0) is 12.4. The van der Waals surface area contributed by atoms with Crippen LogP contribution in [0.1, 0.15) is 6.92 Å². The van der Waals surface area contributed by atoms with Crippen LogP contribution in [0.15, 0.2) is 18.6 Å². The van der Waals surface area contributed by atoms with Crippen LogP contribution < -0.4 is 5.32 Å². The molecule has 0 amide bonds. The van der Waals surface area contributed by atoms with Crippen molar-refractivity contribution in [2.75, 3.05) is 26.0 Å². The van der Waals surface area contributed by atoms with Gasteiger partial charge in [0.2, 0.25) is 0 Å². The van der Waals surface area contributed by atoms with E-state index in [1.807, 2.05) is 30.2 Å². The molecule has 0 bridgehead atoms. The van der Waals surface area contributed by atoms with Crippen molar-refractivity contribution in [2.45, 2.75) is 13.0 Å². The monoisotopic (exact) mass is 233 g/mol. The lowest BCUT2D eigenvalue weighted by Crippen LogP contribution is -2.30. The fourth-order valence-corrected chi connectivity index (χ4v) is 1.99. The summed E-state index contributed by atoms with van der Waals surface area (Å²) in [5.74, 6) is 0.859. The van der Waals surface area contributed by atoms with E-state index in [9.17, 15) is 0 Å². The molecule has 0 saturated heterocycles. The Labute approximate surface area is 101 Å². The van der Waals surface area contributed by atoms with Gasteiger partial charge in [-0.1, -0.05) is 0 Å². The van der Waals surface area contributed by atoms with Gasteiger partial charge in [0.1, 0.15) is 5.52 Å². The van der Waals surface area contributed by atoms with Gasteiger partial charge >= 0.3 is 0 Å². The number of likely N-dealkylation sites (N-methyl/N-ethyl adjacent to an activating group) is 1. The van der Waals surface area contributed by atoms with E-state index in [1.54, 1.807) is 0 Å². The molecule has 1 unspecified atom stereocenters. The lowest BCUT2D eigenvalue weighted by molar-refractivity contribution is 0.392. The van der Waals surface area contributed by atoms with Crippen molar-refractivity contribution in [1.82, 2.24) is 19.4 Å². The first-order valence-corrected chi connectivity index (χ1v) is 5.75. The standard InChI is InChI=1S/C12H19N5/c1-9(7-16(2)3)15-12-11-10(5-6-13-12)17(4)8-14-11/h5-6,8-9H,7H2,1-4H3,(H,13,15). The number of fused-ring (bicyclic) bond motifs is 1. The van der Waals surface area contributed by atoms with Gasteiger partial charge in [0.05, 0.1) is 11.8 Å². The molecule has 92 valence electrons.